The molecule has 0 bridgehead atoms. The molecule has 162 valence electrons. The Morgan fingerprint density at radius 2 is 1.94 bits per heavy atom. The van der Waals surface area contributed by atoms with Crippen LogP contribution in [0.2, 0.25) is 0 Å². The Bertz CT molecular complexity index is 1050. The Morgan fingerprint density at radius 3 is 2.55 bits per heavy atom. The van der Waals surface area contributed by atoms with Gasteiger partial charge in [-0.15, -0.1) is 11.3 Å². The van der Waals surface area contributed by atoms with Gasteiger partial charge in [0.2, 0.25) is 0 Å². The van der Waals surface area contributed by atoms with E-state index in [0.717, 1.165) is 39.5 Å². The van der Waals surface area contributed by atoms with Gasteiger partial charge in [-0.3, -0.25) is 4.79 Å². The van der Waals surface area contributed by atoms with Crippen molar-refractivity contribution in [3.8, 4) is 0 Å². The molecule has 4 rings (SSSR count). The van der Waals surface area contributed by atoms with Crippen molar-refractivity contribution in [3.05, 3.63) is 74.8 Å². The van der Waals surface area contributed by atoms with Gasteiger partial charge in [0.05, 0.1) is 18.1 Å². The first-order chi connectivity index (χ1) is 14.9. The number of nitrogens with zero attached hydrogens (tertiary/aromatic N) is 1. The smallest absolute Gasteiger partial charge is 0.336 e. The molecule has 0 radical (unpaired) electrons. The zero-order chi connectivity index (χ0) is 22.1. The molecule has 31 heavy (non-hydrogen) atoms. The Morgan fingerprint density at radius 1 is 1.19 bits per heavy atom. The summed E-state index contributed by atoms with van der Waals surface area (Å²) < 4.78 is 5.35. The molecule has 1 aliphatic carbocycles. The Hall–Kier alpha value is -2.86. The number of hydrogen-bond donors (Lipinski definition) is 1. The quantitative estimate of drug-likeness (QED) is 0.686. The molecule has 1 N–H and O–H groups in total. The van der Waals surface area contributed by atoms with Crippen LogP contribution < -0.4 is 10.2 Å². The molecule has 0 saturated heterocycles. The number of Topliss-reactive ketones (excluding diaryl/α,β-unsaturated/α-hetero) is 1. The van der Waals surface area contributed by atoms with E-state index in [2.05, 4.69) is 34.5 Å². The third kappa shape index (κ3) is 4.04. The van der Waals surface area contributed by atoms with E-state index >= 15 is 0 Å². The molecule has 2 atom stereocenters. The molecule has 2 heterocycles. The van der Waals surface area contributed by atoms with E-state index in [4.69, 9.17) is 4.74 Å². The number of hydrogen-bond acceptors (Lipinski definition) is 6. The zero-order valence-corrected chi connectivity index (χ0v) is 19.2. The van der Waals surface area contributed by atoms with Crippen LogP contribution in [-0.4, -0.2) is 32.5 Å². The number of rotatable bonds is 5. The number of ketones is 1. The van der Waals surface area contributed by atoms with Crippen LogP contribution in [0.3, 0.4) is 0 Å². The second-order valence-corrected chi connectivity index (χ2v) is 9.22. The Labute approximate surface area is 187 Å². The van der Waals surface area contributed by atoms with Gasteiger partial charge in [0.25, 0.3) is 0 Å². The van der Waals surface area contributed by atoms with Crippen molar-refractivity contribution in [2.24, 2.45) is 0 Å². The SMILES string of the molecule is CCOC(=O)C1=C(C)NC2=C(C(=O)C[C@H](c3ccc(N(C)C)cc3)C2)[C@H]1c1cccs1. The van der Waals surface area contributed by atoms with Crippen LogP contribution in [0.1, 0.15) is 49.0 Å². The topological polar surface area (TPSA) is 58.6 Å². The number of thiophene rings is 1. The van der Waals surface area contributed by atoms with E-state index in [-0.39, 0.29) is 23.6 Å². The van der Waals surface area contributed by atoms with Crippen LogP contribution in [-0.2, 0) is 14.3 Å². The van der Waals surface area contributed by atoms with Crippen LogP contribution in [0.4, 0.5) is 5.69 Å². The lowest BCUT2D eigenvalue weighted by atomic mass is 9.73. The van der Waals surface area contributed by atoms with Gasteiger partial charge >= 0.3 is 5.97 Å². The van der Waals surface area contributed by atoms with Gasteiger partial charge in [0, 0.05) is 48.0 Å². The summed E-state index contributed by atoms with van der Waals surface area (Å²) in [5.74, 6) is -0.495. The molecule has 1 aliphatic heterocycles. The maximum atomic E-state index is 13.4. The predicted molar refractivity (Wildman–Crippen MR) is 124 cm³/mol. The van der Waals surface area contributed by atoms with Crippen LogP contribution >= 0.6 is 11.3 Å². The van der Waals surface area contributed by atoms with Gasteiger partial charge in [0.1, 0.15) is 0 Å². The maximum absolute atomic E-state index is 13.4. The van der Waals surface area contributed by atoms with E-state index in [1.165, 1.54) is 0 Å². The Balaban J connectivity index is 1.71. The molecule has 2 aliphatic rings. The minimum absolute atomic E-state index is 0.100. The summed E-state index contributed by atoms with van der Waals surface area (Å²) in [6, 6.07) is 12.4. The first kappa shape index (κ1) is 21.4. The van der Waals surface area contributed by atoms with Crippen molar-refractivity contribution in [2.45, 2.75) is 38.5 Å². The third-order valence-electron chi connectivity index (χ3n) is 6.03. The van der Waals surface area contributed by atoms with Gasteiger partial charge in [0.15, 0.2) is 5.78 Å². The lowest BCUT2D eigenvalue weighted by molar-refractivity contribution is -0.138. The number of nitrogens with one attached hydrogen (secondary N) is 1. The summed E-state index contributed by atoms with van der Waals surface area (Å²) in [6.45, 7) is 4.00. The summed E-state index contributed by atoms with van der Waals surface area (Å²) in [5, 5.41) is 5.38. The summed E-state index contributed by atoms with van der Waals surface area (Å²) >= 11 is 1.57. The van der Waals surface area contributed by atoms with E-state index in [1.54, 1.807) is 18.3 Å². The van der Waals surface area contributed by atoms with E-state index in [9.17, 15) is 9.59 Å². The molecule has 0 spiro atoms. The van der Waals surface area contributed by atoms with Gasteiger partial charge in [-0.1, -0.05) is 18.2 Å². The number of carbonyl (C=O) groups excluding carboxylic acids is 2. The lowest BCUT2D eigenvalue weighted by Crippen LogP contribution is -2.35. The van der Waals surface area contributed by atoms with Gasteiger partial charge in [-0.05, 0) is 55.3 Å². The minimum atomic E-state index is -0.361. The highest BCUT2D eigenvalue weighted by molar-refractivity contribution is 7.10. The number of carbonyl (C=O) groups is 2. The van der Waals surface area contributed by atoms with Gasteiger partial charge in [-0.2, -0.15) is 0 Å². The fourth-order valence-electron chi connectivity index (χ4n) is 4.54. The fraction of sp³-hybridized carbons (Fsp3) is 0.360. The minimum Gasteiger partial charge on any atom is -0.463 e. The van der Waals surface area contributed by atoms with E-state index < -0.39 is 0 Å². The van der Waals surface area contributed by atoms with E-state index in [1.807, 2.05) is 38.5 Å². The van der Waals surface area contributed by atoms with Gasteiger partial charge < -0.3 is 15.0 Å². The number of esters is 1. The van der Waals surface area contributed by atoms with Crippen molar-refractivity contribution in [1.82, 2.24) is 5.32 Å². The van der Waals surface area contributed by atoms with Crippen LogP contribution in [0.5, 0.6) is 0 Å². The first-order valence-electron chi connectivity index (χ1n) is 10.6. The average molecular weight is 437 g/mol. The first-order valence-corrected chi connectivity index (χ1v) is 11.5. The van der Waals surface area contributed by atoms with Crippen molar-refractivity contribution in [1.29, 1.82) is 0 Å². The molecule has 6 heteroatoms. The van der Waals surface area contributed by atoms with E-state index in [0.29, 0.717) is 18.6 Å². The number of benzene rings is 1. The second-order valence-electron chi connectivity index (χ2n) is 8.24. The average Bonchev–Trinajstić information content (AvgIpc) is 3.27. The van der Waals surface area contributed by atoms with Crippen LogP contribution in [0.15, 0.2) is 64.3 Å². The highest BCUT2D eigenvalue weighted by atomic mass is 32.1. The molecule has 2 aromatic rings. The number of anilines is 1. The summed E-state index contributed by atoms with van der Waals surface area (Å²) in [6.07, 6.45) is 1.19. The lowest BCUT2D eigenvalue weighted by Gasteiger charge is -2.36. The Kier molecular flexibility index (Phi) is 6.01. The number of allylic oxidation sites excluding steroid dienone is 3. The van der Waals surface area contributed by atoms with Crippen molar-refractivity contribution >= 4 is 28.8 Å². The molecular formula is C25H28N2O3S. The maximum Gasteiger partial charge on any atom is 0.336 e. The van der Waals surface area contributed by atoms with Crippen LogP contribution in [0.25, 0.3) is 0 Å². The standard InChI is InChI=1S/C25H28N2O3S/c1-5-30-25(29)22-15(2)26-19-13-17(16-8-10-18(11-9-16)27(3)4)14-20(28)23(19)24(22)21-7-6-12-31-21/h6-12,17,24,26H,5,13-14H2,1-4H3/t17-,24+/m1/s1. The fourth-order valence-corrected chi connectivity index (χ4v) is 5.38. The van der Waals surface area contributed by atoms with Crippen LogP contribution in [0, 0.1) is 0 Å². The number of dihydropyridines is 1. The van der Waals surface area contributed by atoms with Crippen molar-refractivity contribution < 1.29 is 14.3 Å². The molecular weight excluding hydrogens is 408 g/mol. The summed E-state index contributed by atoms with van der Waals surface area (Å²) in [4.78, 5) is 29.3. The largest absolute Gasteiger partial charge is 0.463 e. The highest BCUT2D eigenvalue weighted by Crippen LogP contribution is 2.46. The molecule has 1 aromatic carbocycles. The summed E-state index contributed by atoms with van der Waals surface area (Å²) in [5.41, 5.74) is 5.27. The monoisotopic (exact) mass is 436 g/mol. The van der Waals surface area contributed by atoms with Crippen molar-refractivity contribution in [3.63, 3.8) is 0 Å². The number of ether oxygens (including phenoxy) is 1. The molecule has 0 saturated carbocycles. The predicted octanol–water partition coefficient (Wildman–Crippen LogP) is 4.74. The molecule has 0 unspecified atom stereocenters. The molecule has 0 fully saturated rings. The zero-order valence-electron chi connectivity index (χ0n) is 18.4. The second kappa shape index (κ2) is 8.71. The normalized spacial score (nSPS) is 21.0. The van der Waals surface area contributed by atoms with Gasteiger partial charge in [-0.25, -0.2) is 4.79 Å². The molecule has 0 amide bonds. The molecule has 1 aromatic heterocycles. The summed E-state index contributed by atoms with van der Waals surface area (Å²) in [7, 11) is 4.03. The highest BCUT2D eigenvalue weighted by Gasteiger charge is 2.41. The van der Waals surface area contributed by atoms with Crippen molar-refractivity contribution in [2.75, 3.05) is 25.6 Å². The third-order valence-corrected chi connectivity index (χ3v) is 6.97. The molecule has 5 nitrogen and oxygen atoms in total.